The van der Waals surface area contributed by atoms with Gasteiger partial charge in [0.25, 0.3) is 0 Å². The van der Waals surface area contributed by atoms with E-state index in [0.29, 0.717) is 5.70 Å². The summed E-state index contributed by atoms with van der Waals surface area (Å²) in [7, 11) is 0. The van der Waals surface area contributed by atoms with Crippen LogP contribution in [-0.4, -0.2) is 4.98 Å². The Bertz CT molecular complexity index is 327. The van der Waals surface area contributed by atoms with Crippen molar-refractivity contribution in [2.45, 2.75) is 13.3 Å². The number of nitrogens with zero attached hydrogens (tertiary/aromatic N) is 1. The van der Waals surface area contributed by atoms with E-state index in [1.807, 2.05) is 31.2 Å². The van der Waals surface area contributed by atoms with Gasteiger partial charge in [0.1, 0.15) is 0 Å². The zero-order chi connectivity index (χ0) is 9.68. The number of pyridine rings is 1. The number of rotatable bonds is 3. The lowest BCUT2D eigenvalue weighted by Crippen LogP contribution is -1.99. The van der Waals surface area contributed by atoms with Crippen molar-refractivity contribution >= 4 is 5.70 Å². The molecule has 0 aliphatic heterocycles. The fourth-order valence-corrected chi connectivity index (χ4v) is 1.07. The van der Waals surface area contributed by atoms with E-state index in [2.05, 4.69) is 11.6 Å². The van der Waals surface area contributed by atoms with Gasteiger partial charge in [0, 0.05) is 6.20 Å². The molecule has 1 rings (SSSR count). The largest absolute Gasteiger partial charge is 0.397 e. The highest BCUT2D eigenvalue weighted by Crippen LogP contribution is 2.08. The number of nitrogens with two attached hydrogens (primary N) is 1. The minimum atomic E-state index is 0.714. The lowest BCUT2D eigenvalue weighted by Gasteiger charge is -2.01. The van der Waals surface area contributed by atoms with Crippen molar-refractivity contribution < 1.29 is 0 Å². The average Bonchev–Trinajstić information content (AvgIpc) is 2.18. The molecular weight excluding hydrogens is 160 g/mol. The van der Waals surface area contributed by atoms with Crippen LogP contribution in [0.25, 0.3) is 5.70 Å². The molecule has 2 N–H and O–H groups in total. The number of aromatic nitrogens is 1. The highest BCUT2D eigenvalue weighted by Gasteiger charge is 1.97. The molecular formula is C11H14N2. The fourth-order valence-electron chi connectivity index (χ4n) is 1.07. The normalized spacial score (nSPS) is 11.3. The van der Waals surface area contributed by atoms with Gasteiger partial charge in [-0.2, -0.15) is 0 Å². The van der Waals surface area contributed by atoms with E-state index in [1.165, 1.54) is 5.56 Å². The van der Waals surface area contributed by atoms with Gasteiger partial charge in [-0.1, -0.05) is 12.2 Å². The SMILES string of the molecule is C=CCc1ccnc(/C(N)=C/C)c1. The van der Waals surface area contributed by atoms with Crippen molar-refractivity contribution in [3.8, 4) is 0 Å². The highest BCUT2D eigenvalue weighted by atomic mass is 14.7. The minimum absolute atomic E-state index is 0.714. The van der Waals surface area contributed by atoms with E-state index < -0.39 is 0 Å². The summed E-state index contributed by atoms with van der Waals surface area (Å²) >= 11 is 0. The summed E-state index contributed by atoms with van der Waals surface area (Å²) < 4.78 is 0. The zero-order valence-corrected chi connectivity index (χ0v) is 7.83. The van der Waals surface area contributed by atoms with Crippen molar-refractivity contribution in [1.82, 2.24) is 4.98 Å². The van der Waals surface area contributed by atoms with Gasteiger partial charge < -0.3 is 5.73 Å². The van der Waals surface area contributed by atoms with Crippen LogP contribution in [0.4, 0.5) is 0 Å². The first kappa shape index (κ1) is 9.52. The molecule has 0 aliphatic carbocycles. The monoisotopic (exact) mass is 174 g/mol. The Morgan fingerprint density at radius 3 is 3.08 bits per heavy atom. The van der Waals surface area contributed by atoms with Crippen molar-refractivity contribution in [3.05, 3.63) is 48.3 Å². The van der Waals surface area contributed by atoms with Gasteiger partial charge in [-0.25, -0.2) is 0 Å². The first-order valence-corrected chi connectivity index (χ1v) is 4.26. The molecule has 0 amide bonds. The molecule has 2 heteroatoms. The molecule has 0 unspecified atom stereocenters. The van der Waals surface area contributed by atoms with Gasteiger partial charge in [0.2, 0.25) is 0 Å². The van der Waals surface area contributed by atoms with Crippen LogP contribution in [0.5, 0.6) is 0 Å². The second-order valence-electron chi connectivity index (χ2n) is 2.79. The molecule has 0 spiro atoms. The molecule has 0 aliphatic rings. The quantitative estimate of drug-likeness (QED) is 0.713. The summed E-state index contributed by atoms with van der Waals surface area (Å²) in [5.41, 5.74) is 8.47. The van der Waals surface area contributed by atoms with Gasteiger partial charge in [-0.05, 0) is 31.0 Å². The Morgan fingerprint density at radius 1 is 1.69 bits per heavy atom. The van der Waals surface area contributed by atoms with E-state index >= 15 is 0 Å². The molecule has 0 aromatic carbocycles. The van der Waals surface area contributed by atoms with E-state index in [9.17, 15) is 0 Å². The van der Waals surface area contributed by atoms with Crippen LogP contribution in [-0.2, 0) is 6.42 Å². The number of hydrogen-bond donors (Lipinski definition) is 1. The highest BCUT2D eigenvalue weighted by molar-refractivity contribution is 5.59. The Hall–Kier alpha value is -1.57. The van der Waals surface area contributed by atoms with Gasteiger partial charge in [-0.15, -0.1) is 6.58 Å². The topological polar surface area (TPSA) is 38.9 Å². The van der Waals surface area contributed by atoms with Crippen LogP contribution in [0.2, 0.25) is 0 Å². The van der Waals surface area contributed by atoms with Crippen LogP contribution >= 0.6 is 0 Å². The first-order valence-electron chi connectivity index (χ1n) is 4.26. The molecule has 0 bridgehead atoms. The van der Waals surface area contributed by atoms with Crippen molar-refractivity contribution in [2.24, 2.45) is 5.73 Å². The number of hydrogen-bond acceptors (Lipinski definition) is 2. The van der Waals surface area contributed by atoms with E-state index in [-0.39, 0.29) is 0 Å². The third kappa shape index (κ3) is 2.44. The van der Waals surface area contributed by atoms with E-state index in [0.717, 1.165) is 12.1 Å². The Kier molecular flexibility index (Phi) is 3.26. The molecule has 2 nitrogen and oxygen atoms in total. The standard InChI is InChI=1S/C11H14N2/c1-3-5-9-6-7-13-11(8-9)10(12)4-2/h3-4,6-8H,1,5,12H2,2H3/b10-4-. The molecule has 0 saturated carbocycles. The molecule has 1 aromatic heterocycles. The lowest BCUT2D eigenvalue weighted by atomic mass is 10.1. The fraction of sp³-hybridized carbons (Fsp3) is 0.182. The molecule has 68 valence electrons. The van der Waals surface area contributed by atoms with Gasteiger partial charge in [-0.3, -0.25) is 4.98 Å². The molecule has 0 fully saturated rings. The molecule has 0 radical (unpaired) electrons. The summed E-state index contributed by atoms with van der Waals surface area (Å²) in [4.78, 5) is 4.16. The third-order valence-electron chi connectivity index (χ3n) is 1.81. The molecule has 0 saturated heterocycles. The smallest absolute Gasteiger partial charge is 0.0858 e. The predicted octanol–water partition coefficient (Wildman–Crippen LogP) is 2.13. The van der Waals surface area contributed by atoms with Crippen LogP contribution in [0, 0.1) is 0 Å². The molecule has 0 atom stereocenters. The van der Waals surface area contributed by atoms with Crippen LogP contribution in [0.1, 0.15) is 18.2 Å². The molecule has 1 heterocycles. The van der Waals surface area contributed by atoms with Gasteiger partial charge >= 0.3 is 0 Å². The minimum Gasteiger partial charge on any atom is -0.397 e. The third-order valence-corrected chi connectivity index (χ3v) is 1.81. The summed E-state index contributed by atoms with van der Waals surface area (Å²) in [5.74, 6) is 0. The lowest BCUT2D eigenvalue weighted by molar-refractivity contribution is 1.18. The summed E-state index contributed by atoms with van der Waals surface area (Å²) in [5, 5.41) is 0. The van der Waals surface area contributed by atoms with Crippen molar-refractivity contribution in [2.75, 3.05) is 0 Å². The van der Waals surface area contributed by atoms with Crippen molar-refractivity contribution in [3.63, 3.8) is 0 Å². The Labute approximate surface area is 78.8 Å². The van der Waals surface area contributed by atoms with Gasteiger partial charge in [0.05, 0.1) is 11.4 Å². The second-order valence-corrected chi connectivity index (χ2v) is 2.79. The maximum Gasteiger partial charge on any atom is 0.0858 e. The van der Waals surface area contributed by atoms with Gasteiger partial charge in [0.15, 0.2) is 0 Å². The first-order chi connectivity index (χ1) is 6.27. The molecule has 1 aromatic rings. The van der Waals surface area contributed by atoms with Crippen LogP contribution in [0.15, 0.2) is 37.1 Å². The summed E-state index contributed by atoms with van der Waals surface area (Å²) in [6.07, 6.45) is 6.34. The summed E-state index contributed by atoms with van der Waals surface area (Å²) in [6, 6.07) is 3.95. The van der Waals surface area contributed by atoms with E-state index in [1.54, 1.807) is 6.20 Å². The number of allylic oxidation sites excluding steroid dienone is 2. The Morgan fingerprint density at radius 2 is 2.46 bits per heavy atom. The zero-order valence-electron chi connectivity index (χ0n) is 7.83. The molecule has 13 heavy (non-hydrogen) atoms. The predicted molar refractivity (Wildman–Crippen MR) is 56.0 cm³/mol. The average molecular weight is 174 g/mol. The maximum absolute atomic E-state index is 5.73. The van der Waals surface area contributed by atoms with E-state index in [4.69, 9.17) is 5.73 Å². The van der Waals surface area contributed by atoms with Crippen LogP contribution < -0.4 is 5.73 Å². The Balaban J connectivity index is 2.97. The second kappa shape index (κ2) is 4.45. The van der Waals surface area contributed by atoms with Crippen LogP contribution in [0.3, 0.4) is 0 Å². The summed E-state index contributed by atoms with van der Waals surface area (Å²) in [6.45, 7) is 5.58. The maximum atomic E-state index is 5.73. The van der Waals surface area contributed by atoms with Crippen molar-refractivity contribution in [1.29, 1.82) is 0 Å².